The Morgan fingerprint density at radius 3 is 2.79 bits per heavy atom. The van der Waals surface area contributed by atoms with Gasteiger partial charge in [0.05, 0.1) is 6.54 Å². The van der Waals surface area contributed by atoms with Crippen LogP contribution in [0.25, 0.3) is 10.8 Å². The normalized spacial score (nSPS) is 15.6. The van der Waals surface area contributed by atoms with Gasteiger partial charge in [0.15, 0.2) is 0 Å². The SMILES string of the molecule is O=C(NO)c1ccc2ccn(CCOc3ccc(C4CSN=N4)cc3)c(=O)c2c1. The van der Waals surface area contributed by atoms with E-state index in [0.717, 1.165) is 16.7 Å². The number of carbonyl (C=O) groups is 1. The molecule has 1 aliphatic heterocycles. The van der Waals surface area contributed by atoms with Gasteiger partial charge in [0, 0.05) is 22.9 Å². The number of hydroxylamine groups is 1. The van der Waals surface area contributed by atoms with Crippen molar-refractivity contribution in [2.45, 2.75) is 12.6 Å². The third-order valence-corrected chi connectivity index (χ3v) is 5.36. The molecule has 0 fully saturated rings. The summed E-state index contributed by atoms with van der Waals surface area (Å²) in [4.78, 5) is 24.3. The average Bonchev–Trinajstić information content (AvgIpc) is 3.30. The van der Waals surface area contributed by atoms with Crippen LogP contribution in [0.3, 0.4) is 0 Å². The highest BCUT2D eigenvalue weighted by Crippen LogP contribution is 2.30. The highest BCUT2D eigenvalue weighted by Gasteiger charge is 2.15. The topological polar surface area (TPSA) is 105 Å². The van der Waals surface area contributed by atoms with Gasteiger partial charge < -0.3 is 9.30 Å². The van der Waals surface area contributed by atoms with Crippen LogP contribution in [0.1, 0.15) is 22.0 Å². The number of aromatic nitrogens is 1. The van der Waals surface area contributed by atoms with Crippen LogP contribution in [-0.2, 0) is 6.54 Å². The van der Waals surface area contributed by atoms with E-state index < -0.39 is 5.91 Å². The summed E-state index contributed by atoms with van der Waals surface area (Å²) in [5.74, 6) is 0.908. The van der Waals surface area contributed by atoms with Crippen molar-refractivity contribution < 1.29 is 14.7 Å². The van der Waals surface area contributed by atoms with Crippen LogP contribution in [0.5, 0.6) is 5.75 Å². The number of amides is 1. The highest BCUT2D eigenvalue weighted by atomic mass is 32.2. The summed E-state index contributed by atoms with van der Waals surface area (Å²) >= 11 is 1.46. The zero-order valence-electron chi connectivity index (χ0n) is 15.3. The molecule has 1 aliphatic rings. The average molecular weight is 410 g/mol. The minimum absolute atomic E-state index is 0.100. The molecule has 0 aliphatic carbocycles. The van der Waals surface area contributed by atoms with E-state index in [1.165, 1.54) is 22.6 Å². The predicted molar refractivity (Wildman–Crippen MR) is 109 cm³/mol. The Morgan fingerprint density at radius 2 is 2.07 bits per heavy atom. The Balaban J connectivity index is 1.44. The minimum atomic E-state index is -0.661. The molecule has 0 radical (unpaired) electrons. The van der Waals surface area contributed by atoms with Crippen LogP contribution in [0.2, 0.25) is 0 Å². The van der Waals surface area contributed by atoms with Gasteiger partial charge in [-0.25, -0.2) is 5.48 Å². The zero-order chi connectivity index (χ0) is 20.2. The molecule has 0 saturated carbocycles. The number of ether oxygens (including phenoxy) is 1. The molecule has 148 valence electrons. The first-order chi connectivity index (χ1) is 14.2. The molecule has 0 bridgehead atoms. The summed E-state index contributed by atoms with van der Waals surface area (Å²) in [6.45, 7) is 0.682. The predicted octanol–water partition coefficient (Wildman–Crippen LogP) is 3.35. The van der Waals surface area contributed by atoms with Gasteiger partial charge in [0.25, 0.3) is 11.5 Å². The van der Waals surface area contributed by atoms with Crippen LogP contribution in [0, 0.1) is 0 Å². The fourth-order valence-corrected chi connectivity index (χ4v) is 3.75. The molecule has 1 atom stereocenters. The lowest BCUT2D eigenvalue weighted by atomic mass is 10.1. The molecule has 8 nitrogen and oxygen atoms in total. The fraction of sp³-hybridized carbons (Fsp3) is 0.200. The van der Waals surface area contributed by atoms with Gasteiger partial charge in [-0.3, -0.25) is 14.8 Å². The number of fused-ring (bicyclic) bond motifs is 1. The fourth-order valence-electron chi connectivity index (χ4n) is 3.10. The Hall–Kier alpha value is -3.17. The number of rotatable bonds is 6. The molecule has 1 aromatic heterocycles. The first kappa shape index (κ1) is 19.2. The van der Waals surface area contributed by atoms with Gasteiger partial charge in [0.1, 0.15) is 18.4 Å². The van der Waals surface area contributed by atoms with Crippen molar-refractivity contribution in [3.05, 3.63) is 76.2 Å². The maximum atomic E-state index is 12.7. The van der Waals surface area contributed by atoms with Gasteiger partial charge >= 0.3 is 0 Å². The molecule has 0 saturated heterocycles. The number of pyridine rings is 1. The summed E-state index contributed by atoms with van der Waals surface area (Å²) < 4.78 is 11.2. The molecule has 0 spiro atoms. The van der Waals surface area contributed by atoms with Crippen molar-refractivity contribution in [1.82, 2.24) is 10.0 Å². The number of hydrogen-bond acceptors (Lipinski definition) is 7. The number of benzene rings is 2. The Morgan fingerprint density at radius 1 is 1.24 bits per heavy atom. The van der Waals surface area contributed by atoms with Crippen molar-refractivity contribution in [1.29, 1.82) is 0 Å². The van der Waals surface area contributed by atoms with Crippen LogP contribution in [-0.4, -0.2) is 28.0 Å². The summed E-state index contributed by atoms with van der Waals surface area (Å²) in [6, 6.07) is 14.3. The van der Waals surface area contributed by atoms with E-state index in [0.29, 0.717) is 24.3 Å². The lowest BCUT2D eigenvalue weighted by Crippen LogP contribution is -2.23. The zero-order valence-corrected chi connectivity index (χ0v) is 16.1. The van der Waals surface area contributed by atoms with Crippen LogP contribution in [0.15, 0.2) is 69.2 Å². The van der Waals surface area contributed by atoms with Crippen LogP contribution in [0.4, 0.5) is 0 Å². The summed E-state index contributed by atoms with van der Waals surface area (Å²) in [6.07, 6.45) is 1.70. The molecule has 4 rings (SSSR count). The van der Waals surface area contributed by atoms with Crippen molar-refractivity contribution >= 4 is 28.6 Å². The quantitative estimate of drug-likeness (QED) is 0.368. The van der Waals surface area contributed by atoms with E-state index in [2.05, 4.69) is 9.63 Å². The molecule has 2 N–H and O–H groups in total. The smallest absolute Gasteiger partial charge is 0.274 e. The first-order valence-electron chi connectivity index (χ1n) is 8.98. The van der Waals surface area contributed by atoms with Crippen molar-refractivity contribution in [2.75, 3.05) is 12.4 Å². The van der Waals surface area contributed by atoms with Gasteiger partial charge in [-0.2, -0.15) is 5.11 Å². The minimum Gasteiger partial charge on any atom is -0.492 e. The number of nitrogens with one attached hydrogen (secondary N) is 1. The van der Waals surface area contributed by atoms with E-state index in [-0.39, 0.29) is 17.2 Å². The van der Waals surface area contributed by atoms with Crippen LogP contribution >= 0.6 is 11.9 Å². The van der Waals surface area contributed by atoms with Crippen LogP contribution < -0.4 is 15.8 Å². The molecule has 3 aromatic rings. The van der Waals surface area contributed by atoms with E-state index in [9.17, 15) is 9.59 Å². The van der Waals surface area contributed by atoms with Gasteiger partial charge in [-0.05, 0) is 53.2 Å². The van der Waals surface area contributed by atoms with Crippen molar-refractivity contribution in [2.24, 2.45) is 9.63 Å². The second-order valence-corrected chi connectivity index (χ2v) is 7.24. The standard InChI is InChI=1S/C20H18N4O4S/c25-19(22-27)15-2-1-13-7-8-24(20(26)17(13)11-15)9-10-28-16-5-3-14(4-6-16)18-12-29-23-21-18/h1-8,11,18,27H,9-10,12H2,(H,22,25). The van der Waals surface area contributed by atoms with Crippen molar-refractivity contribution in [3.8, 4) is 5.75 Å². The lowest BCUT2D eigenvalue weighted by molar-refractivity contribution is 0.0706. The molecule has 29 heavy (non-hydrogen) atoms. The van der Waals surface area contributed by atoms with Crippen molar-refractivity contribution in [3.63, 3.8) is 0 Å². The second kappa shape index (κ2) is 8.46. The molecule has 9 heteroatoms. The third-order valence-electron chi connectivity index (χ3n) is 4.68. The largest absolute Gasteiger partial charge is 0.492 e. The second-order valence-electron chi connectivity index (χ2n) is 6.48. The molecule has 1 amide bonds. The first-order valence-corrected chi connectivity index (χ1v) is 9.92. The molecular formula is C20H18N4O4S. The molecule has 1 unspecified atom stereocenters. The van der Waals surface area contributed by atoms with E-state index >= 15 is 0 Å². The molecular weight excluding hydrogens is 392 g/mol. The van der Waals surface area contributed by atoms with E-state index in [4.69, 9.17) is 9.94 Å². The summed E-state index contributed by atoms with van der Waals surface area (Å²) in [5, 5.41) is 14.1. The Kier molecular flexibility index (Phi) is 5.59. The monoisotopic (exact) mass is 410 g/mol. The van der Waals surface area contributed by atoms with E-state index in [1.807, 2.05) is 24.3 Å². The number of carbonyl (C=O) groups excluding carboxylic acids is 1. The number of hydrogen-bond donors (Lipinski definition) is 2. The molecule has 2 heterocycles. The van der Waals surface area contributed by atoms with Gasteiger partial charge in [-0.1, -0.05) is 18.2 Å². The van der Waals surface area contributed by atoms with Gasteiger partial charge in [0.2, 0.25) is 0 Å². The third kappa shape index (κ3) is 4.15. The number of nitrogens with zero attached hydrogens (tertiary/aromatic N) is 3. The maximum Gasteiger partial charge on any atom is 0.274 e. The summed E-state index contributed by atoms with van der Waals surface area (Å²) in [5.41, 5.74) is 2.66. The van der Waals surface area contributed by atoms with Gasteiger partial charge in [-0.15, -0.1) is 4.52 Å². The molecule has 2 aromatic carbocycles. The lowest BCUT2D eigenvalue weighted by Gasteiger charge is -2.11. The Labute approximate surface area is 170 Å². The maximum absolute atomic E-state index is 12.7. The summed E-state index contributed by atoms with van der Waals surface area (Å²) in [7, 11) is 0. The Bertz CT molecular complexity index is 1130. The highest BCUT2D eigenvalue weighted by molar-refractivity contribution is 7.98. The van der Waals surface area contributed by atoms with E-state index in [1.54, 1.807) is 29.9 Å².